The van der Waals surface area contributed by atoms with Crippen molar-refractivity contribution in [3.63, 3.8) is 0 Å². The second-order valence-corrected chi connectivity index (χ2v) is 7.14. The van der Waals surface area contributed by atoms with Crippen molar-refractivity contribution >= 4 is 23.0 Å². The first-order valence-corrected chi connectivity index (χ1v) is 9.06. The predicted octanol–water partition coefficient (Wildman–Crippen LogP) is 3.09. The molecule has 0 fully saturated rings. The molecule has 0 atom stereocenters. The molecule has 0 amide bonds. The quantitative estimate of drug-likeness (QED) is 0.587. The van der Waals surface area contributed by atoms with Gasteiger partial charge in [-0.3, -0.25) is 4.68 Å². The smallest absolute Gasteiger partial charge is 0.170 e. The van der Waals surface area contributed by atoms with Crippen LogP contribution in [0.4, 0.5) is 5.69 Å². The van der Waals surface area contributed by atoms with E-state index in [1.807, 2.05) is 11.6 Å². The predicted molar refractivity (Wildman–Crippen MR) is 109 cm³/mol. The Bertz CT molecular complexity index is 721. The fourth-order valence-corrected chi connectivity index (χ4v) is 2.97. The monoisotopic (exact) mass is 359 g/mol. The summed E-state index contributed by atoms with van der Waals surface area (Å²) >= 11 is 5.42. The van der Waals surface area contributed by atoms with Crippen LogP contribution >= 0.6 is 12.2 Å². The zero-order valence-corrected chi connectivity index (χ0v) is 16.7. The Morgan fingerprint density at radius 1 is 1.24 bits per heavy atom. The molecule has 136 valence electrons. The normalized spacial score (nSPS) is 11.0. The van der Waals surface area contributed by atoms with Gasteiger partial charge in [-0.1, -0.05) is 29.8 Å². The molecular formula is C19H29N5S. The van der Waals surface area contributed by atoms with Crippen molar-refractivity contribution < 1.29 is 0 Å². The molecule has 2 aromatic rings. The molecule has 0 saturated heterocycles. The second-order valence-electron chi connectivity index (χ2n) is 6.73. The summed E-state index contributed by atoms with van der Waals surface area (Å²) in [5, 5.41) is 11.9. The van der Waals surface area contributed by atoms with Gasteiger partial charge in [0.25, 0.3) is 0 Å². The Morgan fingerprint density at radius 2 is 2.00 bits per heavy atom. The first kappa shape index (κ1) is 19.4. The first-order chi connectivity index (χ1) is 11.9. The maximum atomic E-state index is 5.42. The number of hydrogen-bond acceptors (Lipinski definition) is 3. The van der Waals surface area contributed by atoms with E-state index in [9.17, 15) is 0 Å². The Balaban J connectivity index is 1.98. The van der Waals surface area contributed by atoms with E-state index in [0.29, 0.717) is 5.11 Å². The minimum atomic E-state index is 0.653. The molecule has 5 nitrogen and oxygen atoms in total. The lowest BCUT2D eigenvalue weighted by Crippen LogP contribution is -2.31. The van der Waals surface area contributed by atoms with Gasteiger partial charge in [0.1, 0.15) is 0 Å². The van der Waals surface area contributed by atoms with Gasteiger partial charge in [-0.15, -0.1) is 0 Å². The van der Waals surface area contributed by atoms with Crippen molar-refractivity contribution in [2.75, 3.05) is 32.5 Å². The van der Waals surface area contributed by atoms with E-state index < -0.39 is 0 Å². The lowest BCUT2D eigenvalue weighted by atomic mass is 10.1. The standard InChI is InChI=1S/C19H29N5S/c1-14-8-6-9-17(12-14)13-24-16(3)18(15(2)22-24)21-19(25)20-10-7-11-23(4)5/h6,8-9,12H,7,10-11,13H2,1-5H3,(H2,20,21,25). The van der Waals surface area contributed by atoms with Crippen LogP contribution in [0.3, 0.4) is 0 Å². The third kappa shape index (κ3) is 5.83. The third-order valence-corrected chi connectivity index (χ3v) is 4.35. The number of aryl methyl sites for hydroxylation is 2. The summed E-state index contributed by atoms with van der Waals surface area (Å²) in [6.45, 7) is 8.86. The van der Waals surface area contributed by atoms with Crippen LogP contribution in [0.5, 0.6) is 0 Å². The fraction of sp³-hybridized carbons (Fsp3) is 0.474. The number of benzene rings is 1. The highest BCUT2D eigenvalue weighted by atomic mass is 32.1. The van der Waals surface area contributed by atoms with Gasteiger partial charge in [-0.25, -0.2) is 0 Å². The van der Waals surface area contributed by atoms with Gasteiger partial charge in [0.15, 0.2) is 5.11 Å². The molecule has 0 aliphatic heterocycles. The van der Waals surface area contributed by atoms with Crippen molar-refractivity contribution in [2.45, 2.75) is 33.7 Å². The average molecular weight is 360 g/mol. The van der Waals surface area contributed by atoms with E-state index in [0.717, 1.165) is 43.1 Å². The average Bonchev–Trinajstić information content (AvgIpc) is 2.79. The summed E-state index contributed by atoms with van der Waals surface area (Å²) in [5.74, 6) is 0. The Morgan fingerprint density at radius 3 is 2.68 bits per heavy atom. The molecule has 1 aromatic carbocycles. The number of thiocarbonyl (C=S) groups is 1. The molecule has 0 radical (unpaired) electrons. The van der Waals surface area contributed by atoms with Crippen LogP contribution in [-0.2, 0) is 6.54 Å². The van der Waals surface area contributed by atoms with Crippen molar-refractivity contribution in [1.29, 1.82) is 0 Å². The van der Waals surface area contributed by atoms with Gasteiger partial charge in [-0.05, 0) is 65.6 Å². The number of rotatable bonds is 7. The molecule has 1 heterocycles. The second kappa shape index (κ2) is 8.97. The molecular weight excluding hydrogens is 330 g/mol. The summed E-state index contributed by atoms with van der Waals surface area (Å²) in [5.41, 5.74) is 5.57. The SMILES string of the molecule is Cc1cccc(Cn2nc(C)c(NC(=S)NCCCN(C)C)c2C)c1. The number of nitrogens with one attached hydrogen (secondary N) is 2. The van der Waals surface area contributed by atoms with Crippen LogP contribution in [0.15, 0.2) is 24.3 Å². The van der Waals surface area contributed by atoms with Crippen LogP contribution in [-0.4, -0.2) is 47.0 Å². The van der Waals surface area contributed by atoms with Gasteiger partial charge in [-0.2, -0.15) is 5.10 Å². The van der Waals surface area contributed by atoms with Crippen LogP contribution in [0.2, 0.25) is 0 Å². The zero-order chi connectivity index (χ0) is 18.4. The third-order valence-electron chi connectivity index (χ3n) is 4.10. The largest absolute Gasteiger partial charge is 0.362 e. The lowest BCUT2D eigenvalue weighted by Gasteiger charge is -2.13. The molecule has 2 rings (SSSR count). The van der Waals surface area contributed by atoms with Crippen molar-refractivity contribution in [3.8, 4) is 0 Å². The van der Waals surface area contributed by atoms with Gasteiger partial charge in [0.05, 0.1) is 23.6 Å². The van der Waals surface area contributed by atoms with Crippen LogP contribution < -0.4 is 10.6 Å². The van der Waals surface area contributed by atoms with Crippen molar-refractivity contribution in [3.05, 3.63) is 46.8 Å². The number of aromatic nitrogens is 2. The number of nitrogens with zero attached hydrogens (tertiary/aromatic N) is 3. The molecule has 0 bridgehead atoms. The minimum absolute atomic E-state index is 0.653. The molecule has 0 spiro atoms. The van der Waals surface area contributed by atoms with Gasteiger partial charge in [0, 0.05) is 6.54 Å². The van der Waals surface area contributed by atoms with E-state index in [1.165, 1.54) is 11.1 Å². The molecule has 25 heavy (non-hydrogen) atoms. The van der Waals surface area contributed by atoms with Crippen molar-refractivity contribution in [2.24, 2.45) is 0 Å². The zero-order valence-electron chi connectivity index (χ0n) is 15.9. The fourth-order valence-electron chi connectivity index (χ4n) is 2.77. The molecule has 0 aliphatic carbocycles. The lowest BCUT2D eigenvalue weighted by molar-refractivity contribution is 0.400. The van der Waals surface area contributed by atoms with E-state index in [2.05, 4.69) is 72.8 Å². The Hall–Kier alpha value is -1.92. The van der Waals surface area contributed by atoms with E-state index in [1.54, 1.807) is 0 Å². The molecule has 1 aromatic heterocycles. The van der Waals surface area contributed by atoms with E-state index in [-0.39, 0.29) is 0 Å². The van der Waals surface area contributed by atoms with Crippen LogP contribution in [0.25, 0.3) is 0 Å². The molecule has 2 N–H and O–H groups in total. The number of hydrogen-bond donors (Lipinski definition) is 2. The summed E-state index contributed by atoms with van der Waals surface area (Å²) in [4.78, 5) is 2.17. The molecule has 0 aliphatic rings. The summed E-state index contributed by atoms with van der Waals surface area (Å²) in [7, 11) is 4.15. The Labute approximate surface area is 156 Å². The molecule has 0 saturated carbocycles. The maximum Gasteiger partial charge on any atom is 0.170 e. The van der Waals surface area contributed by atoms with E-state index in [4.69, 9.17) is 12.2 Å². The highest BCUT2D eigenvalue weighted by Gasteiger charge is 2.13. The van der Waals surface area contributed by atoms with Crippen molar-refractivity contribution in [1.82, 2.24) is 20.0 Å². The summed E-state index contributed by atoms with van der Waals surface area (Å²) in [6, 6.07) is 8.52. The van der Waals surface area contributed by atoms with Crippen LogP contribution in [0.1, 0.15) is 28.9 Å². The number of anilines is 1. The highest BCUT2D eigenvalue weighted by molar-refractivity contribution is 7.80. The minimum Gasteiger partial charge on any atom is -0.362 e. The molecule has 0 unspecified atom stereocenters. The van der Waals surface area contributed by atoms with Crippen LogP contribution in [0, 0.1) is 20.8 Å². The summed E-state index contributed by atoms with van der Waals surface area (Å²) < 4.78 is 2.03. The van der Waals surface area contributed by atoms with Gasteiger partial charge < -0.3 is 15.5 Å². The Kier molecular flexibility index (Phi) is 6.96. The topological polar surface area (TPSA) is 45.1 Å². The van der Waals surface area contributed by atoms with Gasteiger partial charge in [0.2, 0.25) is 0 Å². The van der Waals surface area contributed by atoms with E-state index >= 15 is 0 Å². The first-order valence-electron chi connectivity index (χ1n) is 8.66. The maximum absolute atomic E-state index is 5.42. The highest BCUT2D eigenvalue weighted by Crippen LogP contribution is 2.20. The van der Waals surface area contributed by atoms with Gasteiger partial charge >= 0.3 is 0 Å². The molecule has 6 heteroatoms. The summed E-state index contributed by atoms with van der Waals surface area (Å²) in [6.07, 6.45) is 1.05.